The molecule has 5 N–H and O–H groups in total. The molecule has 0 radical (unpaired) electrons. The molecule has 0 spiro atoms. The summed E-state index contributed by atoms with van der Waals surface area (Å²) in [6.45, 7) is 2.18. The molecular formula is C15H21N7O2. The van der Waals surface area contributed by atoms with Crippen molar-refractivity contribution in [2.75, 3.05) is 6.54 Å². The highest BCUT2D eigenvalue weighted by Gasteiger charge is 2.36. The number of carbonyl (C=O) groups is 2. The van der Waals surface area contributed by atoms with Gasteiger partial charge >= 0.3 is 0 Å². The standard InChI is InChI=1S/C15H21N7O2/c1-9(16)15(24)22-8-2-3-10(22)14(23)21-11(12-17-4-5-18-12)13-19-6-7-20-13/h4-7,9-11H,2-3,8,16H2,1H3,(H,17,18)(H,19,20)(H,21,23)/t9-,10-/m0/s1. The molecule has 2 aromatic rings. The third kappa shape index (κ3) is 3.16. The van der Waals surface area contributed by atoms with E-state index in [-0.39, 0.29) is 11.8 Å². The predicted octanol–water partition coefficient (Wildman–Crippen LogP) is -0.323. The van der Waals surface area contributed by atoms with Crippen molar-refractivity contribution >= 4 is 11.8 Å². The number of likely N-dealkylation sites (tertiary alicyclic amines) is 1. The minimum atomic E-state index is -0.621. The molecule has 2 atom stereocenters. The van der Waals surface area contributed by atoms with Gasteiger partial charge in [-0.05, 0) is 19.8 Å². The van der Waals surface area contributed by atoms with Crippen LogP contribution in [0.3, 0.4) is 0 Å². The van der Waals surface area contributed by atoms with Crippen LogP contribution in [0, 0.1) is 0 Å². The van der Waals surface area contributed by atoms with Crippen molar-refractivity contribution in [2.45, 2.75) is 37.9 Å². The zero-order valence-electron chi connectivity index (χ0n) is 13.4. The molecule has 0 aromatic carbocycles. The van der Waals surface area contributed by atoms with Gasteiger partial charge in [0.1, 0.15) is 23.7 Å². The minimum absolute atomic E-state index is 0.208. The Hall–Kier alpha value is -2.68. The molecule has 0 unspecified atom stereocenters. The van der Waals surface area contributed by atoms with Gasteiger partial charge in [-0.3, -0.25) is 9.59 Å². The van der Waals surface area contributed by atoms with E-state index in [9.17, 15) is 9.59 Å². The maximum absolute atomic E-state index is 12.8. The van der Waals surface area contributed by atoms with E-state index in [4.69, 9.17) is 5.73 Å². The molecule has 128 valence electrons. The predicted molar refractivity (Wildman–Crippen MR) is 85.5 cm³/mol. The minimum Gasteiger partial charge on any atom is -0.346 e. The lowest BCUT2D eigenvalue weighted by molar-refractivity contribution is -0.139. The molecular weight excluding hydrogens is 310 g/mol. The van der Waals surface area contributed by atoms with Crippen LogP contribution in [0.1, 0.15) is 37.5 Å². The van der Waals surface area contributed by atoms with Gasteiger partial charge in [0.25, 0.3) is 0 Å². The Balaban J connectivity index is 1.77. The van der Waals surface area contributed by atoms with Gasteiger partial charge in [-0.2, -0.15) is 0 Å². The van der Waals surface area contributed by atoms with E-state index >= 15 is 0 Å². The smallest absolute Gasteiger partial charge is 0.243 e. The van der Waals surface area contributed by atoms with E-state index in [0.717, 1.165) is 6.42 Å². The molecule has 1 fully saturated rings. The molecule has 2 amide bonds. The topological polar surface area (TPSA) is 133 Å². The van der Waals surface area contributed by atoms with Crippen molar-refractivity contribution in [1.29, 1.82) is 0 Å². The van der Waals surface area contributed by atoms with E-state index in [2.05, 4.69) is 25.3 Å². The van der Waals surface area contributed by atoms with Crippen LogP contribution in [0.25, 0.3) is 0 Å². The third-order valence-electron chi connectivity index (χ3n) is 4.10. The zero-order valence-corrected chi connectivity index (χ0v) is 13.4. The number of aromatic nitrogens is 4. The Labute approximate surface area is 139 Å². The number of nitrogens with one attached hydrogen (secondary N) is 3. The molecule has 0 aliphatic carbocycles. The summed E-state index contributed by atoms with van der Waals surface area (Å²) in [7, 11) is 0. The Kier molecular flexibility index (Phi) is 4.61. The van der Waals surface area contributed by atoms with Crippen molar-refractivity contribution in [3.8, 4) is 0 Å². The average Bonchev–Trinajstić information content (AvgIpc) is 3.33. The normalized spacial score (nSPS) is 18.8. The van der Waals surface area contributed by atoms with Gasteiger partial charge in [0.15, 0.2) is 0 Å². The first-order valence-corrected chi connectivity index (χ1v) is 7.93. The van der Waals surface area contributed by atoms with Gasteiger partial charge in [-0.15, -0.1) is 0 Å². The van der Waals surface area contributed by atoms with Gasteiger partial charge in [-0.1, -0.05) is 0 Å². The highest BCUT2D eigenvalue weighted by atomic mass is 16.2. The lowest BCUT2D eigenvalue weighted by Gasteiger charge is -2.26. The van der Waals surface area contributed by atoms with Crippen LogP contribution in [0.15, 0.2) is 24.8 Å². The number of rotatable bonds is 5. The fourth-order valence-electron chi connectivity index (χ4n) is 2.94. The van der Waals surface area contributed by atoms with Gasteiger partial charge in [0, 0.05) is 31.3 Å². The summed E-state index contributed by atoms with van der Waals surface area (Å²) in [5.74, 6) is 0.697. The molecule has 1 aliphatic rings. The first-order valence-electron chi connectivity index (χ1n) is 7.93. The largest absolute Gasteiger partial charge is 0.346 e. The Morgan fingerprint density at radius 3 is 2.42 bits per heavy atom. The number of imidazole rings is 2. The molecule has 1 aliphatic heterocycles. The second kappa shape index (κ2) is 6.83. The molecule has 0 bridgehead atoms. The summed E-state index contributed by atoms with van der Waals surface area (Å²) < 4.78 is 0. The summed E-state index contributed by atoms with van der Waals surface area (Å²) in [5.41, 5.74) is 5.68. The summed E-state index contributed by atoms with van der Waals surface area (Å²) >= 11 is 0. The van der Waals surface area contributed by atoms with E-state index in [1.807, 2.05) is 0 Å². The number of carbonyl (C=O) groups excluding carboxylic acids is 2. The van der Waals surface area contributed by atoms with Crippen LogP contribution in [-0.2, 0) is 9.59 Å². The van der Waals surface area contributed by atoms with Gasteiger partial charge in [-0.25, -0.2) is 9.97 Å². The number of aromatic amines is 2. The summed E-state index contributed by atoms with van der Waals surface area (Å²) in [6.07, 6.45) is 7.98. The first-order chi connectivity index (χ1) is 11.6. The fourth-order valence-corrected chi connectivity index (χ4v) is 2.94. The van der Waals surface area contributed by atoms with E-state index in [1.54, 1.807) is 36.6 Å². The molecule has 3 heterocycles. The molecule has 2 aromatic heterocycles. The van der Waals surface area contributed by atoms with E-state index in [0.29, 0.717) is 24.6 Å². The van der Waals surface area contributed by atoms with Crippen molar-refractivity contribution in [3.63, 3.8) is 0 Å². The molecule has 9 nitrogen and oxygen atoms in total. The SMILES string of the molecule is C[C@H](N)C(=O)N1CCC[C@H]1C(=O)NC(c1ncc[nH]1)c1ncc[nH]1. The van der Waals surface area contributed by atoms with Crippen molar-refractivity contribution in [1.82, 2.24) is 30.2 Å². The highest BCUT2D eigenvalue weighted by molar-refractivity contribution is 5.90. The van der Waals surface area contributed by atoms with Gasteiger partial charge < -0.3 is 25.9 Å². The van der Waals surface area contributed by atoms with Crippen LogP contribution in [-0.4, -0.2) is 55.3 Å². The number of H-pyrrole nitrogens is 2. The number of hydrogen-bond donors (Lipinski definition) is 4. The van der Waals surface area contributed by atoms with Crippen LogP contribution in [0.2, 0.25) is 0 Å². The summed E-state index contributed by atoms with van der Waals surface area (Å²) in [5, 5.41) is 2.93. The number of amides is 2. The highest BCUT2D eigenvalue weighted by Crippen LogP contribution is 2.21. The van der Waals surface area contributed by atoms with Crippen LogP contribution in [0.4, 0.5) is 0 Å². The summed E-state index contributed by atoms with van der Waals surface area (Å²) in [4.78, 5) is 40.9. The molecule has 3 rings (SSSR count). The van der Waals surface area contributed by atoms with Crippen LogP contribution in [0.5, 0.6) is 0 Å². The monoisotopic (exact) mass is 331 g/mol. The molecule has 0 saturated carbocycles. The maximum atomic E-state index is 12.8. The number of hydrogen-bond acceptors (Lipinski definition) is 5. The van der Waals surface area contributed by atoms with Crippen molar-refractivity contribution in [2.24, 2.45) is 5.73 Å². The summed E-state index contributed by atoms with van der Waals surface area (Å²) in [6, 6.07) is -1.67. The molecule has 9 heteroatoms. The lowest BCUT2D eigenvalue weighted by atomic mass is 10.1. The van der Waals surface area contributed by atoms with Crippen LogP contribution < -0.4 is 11.1 Å². The van der Waals surface area contributed by atoms with Gasteiger partial charge in [0.2, 0.25) is 11.8 Å². The van der Waals surface area contributed by atoms with Crippen LogP contribution >= 0.6 is 0 Å². The number of nitrogens with two attached hydrogens (primary N) is 1. The van der Waals surface area contributed by atoms with Crippen molar-refractivity contribution in [3.05, 3.63) is 36.4 Å². The third-order valence-corrected chi connectivity index (χ3v) is 4.10. The Morgan fingerprint density at radius 1 is 1.29 bits per heavy atom. The Morgan fingerprint density at radius 2 is 1.92 bits per heavy atom. The van der Waals surface area contributed by atoms with Gasteiger partial charge in [0.05, 0.1) is 6.04 Å². The molecule has 24 heavy (non-hydrogen) atoms. The maximum Gasteiger partial charge on any atom is 0.243 e. The number of nitrogens with zero attached hydrogens (tertiary/aromatic N) is 3. The second-order valence-corrected chi connectivity index (χ2v) is 5.87. The quantitative estimate of drug-likeness (QED) is 0.596. The zero-order chi connectivity index (χ0) is 17.1. The van der Waals surface area contributed by atoms with E-state index < -0.39 is 18.1 Å². The fraction of sp³-hybridized carbons (Fsp3) is 0.467. The van der Waals surface area contributed by atoms with E-state index in [1.165, 1.54) is 0 Å². The second-order valence-electron chi connectivity index (χ2n) is 5.87. The molecule has 1 saturated heterocycles. The lowest BCUT2D eigenvalue weighted by Crippen LogP contribution is -2.51. The Bertz CT molecular complexity index is 647. The van der Waals surface area contributed by atoms with Crippen molar-refractivity contribution < 1.29 is 9.59 Å². The average molecular weight is 331 g/mol. The first kappa shape index (κ1) is 16.2.